The molecule has 0 atom stereocenters. The fourth-order valence-corrected chi connectivity index (χ4v) is 3.16. The Hall–Kier alpha value is -2.05. The van der Waals surface area contributed by atoms with Gasteiger partial charge in [0.1, 0.15) is 0 Å². The predicted molar refractivity (Wildman–Crippen MR) is 86.5 cm³/mol. The van der Waals surface area contributed by atoms with Crippen LogP contribution in [0, 0.1) is 10.1 Å². The van der Waals surface area contributed by atoms with Crippen molar-refractivity contribution < 1.29 is 13.3 Å². The Bertz CT molecular complexity index is 1210. The molecule has 0 unspecified atom stereocenters. The molecule has 119 valence electrons. The molecule has 24 heavy (non-hydrogen) atoms. The van der Waals surface area contributed by atoms with Crippen molar-refractivity contribution in [1.82, 2.24) is 9.97 Å². The van der Waals surface area contributed by atoms with E-state index >= 15 is 0 Å². The summed E-state index contributed by atoms with van der Waals surface area (Å²) < 4.78 is 23.4. The van der Waals surface area contributed by atoms with Crippen LogP contribution in [0.1, 0.15) is 0 Å². The van der Waals surface area contributed by atoms with E-state index in [0.717, 1.165) is 12.1 Å². The minimum atomic E-state index is -4.24. The number of rotatable bonds is 2. The summed E-state index contributed by atoms with van der Waals surface area (Å²) in [5, 5.41) is 16.2. The monoisotopic (exact) mass is 359 g/mol. The Morgan fingerprint density at radius 2 is 1.75 bits per heavy atom. The van der Waals surface area contributed by atoms with Gasteiger partial charge in [0.05, 0.1) is 26.2 Å². The average molecular weight is 359 g/mol. The molecule has 10 nitrogen and oxygen atoms in total. The van der Waals surface area contributed by atoms with Gasteiger partial charge >= 0.3 is 11.1 Å². The molecule has 0 fully saturated rings. The molecular formula is C12H8N4NaO6S. The van der Waals surface area contributed by atoms with Gasteiger partial charge in [0.25, 0.3) is 5.69 Å². The van der Waals surface area contributed by atoms with E-state index in [4.69, 9.17) is 5.14 Å². The van der Waals surface area contributed by atoms with Crippen molar-refractivity contribution in [2.45, 2.75) is 4.90 Å². The number of primary sulfonamides is 1. The first kappa shape index (κ1) is 18.3. The number of nitrogens with zero attached hydrogens (tertiary/aromatic N) is 1. The molecule has 0 bridgehead atoms. The Balaban J connectivity index is 0.00000208. The second kappa shape index (κ2) is 6.11. The molecule has 0 saturated carbocycles. The third-order valence-electron chi connectivity index (χ3n) is 3.30. The first-order valence-corrected chi connectivity index (χ1v) is 7.64. The summed E-state index contributed by atoms with van der Waals surface area (Å²) in [6.07, 6.45) is 0. The van der Waals surface area contributed by atoms with Gasteiger partial charge in [0.2, 0.25) is 10.0 Å². The van der Waals surface area contributed by atoms with Gasteiger partial charge in [-0.05, 0) is 6.07 Å². The molecule has 1 radical (unpaired) electrons. The quantitative estimate of drug-likeness (QED) is 0.184. The molecule has 2 aromatic carbocycles. The smallest absolute Gasteiger partial charge is 0.314 e. The minimum Gasteiger partial charge on any atom is -0.316 e. The van der Waals surface area contributed by atoms with E-state index in [2.05, 4.69) is 9.97 Å². The van der Waals surface area contributed by atoms with Crippen LogP contribution < -0.4 is 16.3 Å². The van der Waals surface area contributed by atoms with Crippen molar-refractivity contribution in [1.29, 1.82) is 0 Å². The van der Waals surface area contributed by atoms with Crippen LogP contribution in [0.3, 0.4) is 0 Å². The topological polar surface area (TPSA) is 169 Å². The number of aromatic nitrogens is 2. The summed E-state index contributed by atoms with van der Waals surface area (Å²) in [7, 11) is -4.24. The minimum absolute atomic E-state index is 0. The summed E-state index contributed by atoms with van der Waals surface area (Å²) >= 11 is 0. The van der Waals surface area contributed by atoms with Gasteiger partial charge in [-0.3, -0.25) is 19.7 Å². The van der Waals surface area contributed by atoms with Crippen molar-refractivity contribution in [2.24, 2.45) is 5.14 Å². The first-order valence-electron chi connectivity index (χ1n) is 6.09. The second-order valence-corrected chi connectivity index (χ2v) is 6.24. The van der Waals surface area contributed by atoms with Crippen LogP contribution in [0.2, 0.25) is 0 Å². The van der Waals surface area contributed by atoms with Crippen LogP contribution in [0.4, 0.5) is 5.69 Å². The number of benzene rings is 2. The summed E-state index contributed by atoms with van der Waals surface area (Å²) in [5.41, 5.74) is -2.43. The van der Waals surface area contributed by atoms with Crippen LogP contribution in [-0.2, 0) is 10.0 Å². The fourth-order valence-electron chi connectivity index (χ4n) is 2.39. The molecule has 3 rings (SSSR count). The average Bonchev–Trinajstić information content (AvgIpc) is 2.46. The molecule has 0 saturated heterocycles. The van der Waals surface area contributed by atoms with E-state index in [-0.39, 0.29) is 51.4 Å². The van der Waals surface area contributed by atoms with E-state index in [1.165, 1.54) is 12.1 Å². The van der Waals surface area contributed by atoms with Crippen LogP contribution in [0.5, 0.6) is 0 Å². The maximum absolute atomic E-state index is 11.7. The number of hydrogen-bond donors (Lipinski definition) is 3. The third kappa shape index (κ3) is 2.87. The standard InChI is InChI=1S/C12H8N4O6S.Na/c13-23(21,22)8-3-1-2-5-9(8)7(16(19)20)4-6-10(5)15-12(18)11(17)14-6;/h1-4H,(H,14,17)(H,15,18)(H2,13,21,22);. The van der Waals surface area contributed by atoms with Gasteiger partial charge in [-0.25, -0.2) is 13.6 Å². The van der Waals surface area contributed by atoms with Crippen molar-refractivity contribution in [2.75, 3.05) is 0 Å². The number of nitrogens with one attached hydrogen (secondary N) is 2. The Morgan fingerprint density at radius 3 is 2.33 bits per heavy atom. The number of sulfonamides is 1. The van der Waals surface area contributed by atoms with E-state index in [1.54, 1.807) is 0 Å². The van der Waals surface area contributed by atoms with Crippen LogP contribution in [-0.4, -0.2) is 52.9 Å². The molecule has 0 aliphatic carbocycles. The number of hydrogen-bond acceptors (Lipinski definition) is 6. The molecule has 3 aromatic rings. The van der Waals surface area contributed by atoms with Gasteiger partial charge in [0, 0.05) is 41.0 Å². The van der Waals surface area contributed by atoms with Gasteiger partial charge < -0.3 is 9.97 Å². The van der Waals surface area contributed by atoms with Crippen LogP contribution in [0.15, 0.2) is 38.8 Å². The number of H-pyrrole nitrogens is 2. The molecule has 0 spiro atoms. The van der Waals surface area contributed by atoms with Gasteiger partial charge in [-0.1, -0.05) is 12.1 Å². The summed E-state index contributed by atoms with van der Waals surface area (Å²) in [5.74, 6) is 0. The number of aromatic amines is 2. The normalized spacial score (nSPS) is 11.4. The molecule has 0 aliphatic heterocycles. The molecule has 1 heterocycles. The number of nitrogens with two attached hydrogens (primary N) is 1. The molecule has 12 heteroatoms. The summed E-state index contributed by atoms with van der Waals surface area (Å²) in [6.45, 7) is 0. The largest absolute Gasteiger partial charge is 0.316 e. The summed E-state index contributed by atoms with van der Waals surface area (Å²) in [6, 6.07) is 4.81. The maximum atomic E-state index is 11.7. The zero-order valence-electron chi connectivity index (χ0n) is 12.2. The van der Waals surface area contributed by atoms with E-state index in [9.17, 15) is 28.1 Å². The third-order valence-corrected chi connectivity index (χ3v) is 4.25. The number of nitro groups is 1. The fraction of sp³-hybridized carbons (Fsp3) is 0. The number of fused-ring (bicyclic) bond motifs is 3. The van der Waals surface area contributed by atoms with E-state index in [0.29, 0.717) is 0 Å². The van der Waals surface area contributed by atoms with Crippen molar-refractivity contribution in [3.63, 3.8) is 0 Å². The Kier molecular flexibility index (Phi) is 4.65. The molecule has 4 N–H and O–H groups in total. The Morgan fingerprint density at radius 1 is 1.12 bits per heavy atom. The number of non-ortho nitro benzene ring substituents is 1. The predicted octanol–water partition coefficient (Wildman–Crippen LogP) is -0.456. The van der Waals surface area contributed by atoms with Gasteiger partial charge in [-0.2, -0.15) is 0 Å². The van der Waals surface area contributed by atoms with Gasteiger partial charge in [-0.15, -0.1) is 0 Å². The van der Waals surface area contributed by atoms with Crippen LogP contribution >= 0.6 is 0 Å². The zero-order valence-corrected chi connectivity index (χ0v) is 15.0. The SMILES string of the molecule is NS(=O)(=O)c1cccc2c1c([N+](=O)[O-])cc1[nH]c(=O)c(=O)[nH]c12.[Na]. The summed E-state index contributed by atoms with van der Waals surface area (Å²) in [4.78, 5) is 37.5. The first-order chi connectivity index (χ1) is 10.7. The number of nitro benzene ring substituents is 1. The zero-order chi connectivity index (χ0) is 16.9. The molecule has 0 amide bonds. The van der Waals surface area contributed by atoms with E-state index in [1.807, 2.05) is 0 Å². The maximum Gasteiger partial charge on any atom is 0.314 e. The van der Waals surface area contributed by atoms with Crippen molar-refractivity contribution >= 4 is 67.1 Å². The molecule has 1 aromatic heterocycles. The van der Waals surface area contributed by atoms with Crippen LogP contribution in [0.25, 0.3) is 21.8 Å². The molecular weight excluding hydrogens is 351 g/mol. The van der Waals surface area contributed by atoms with Crippen molar-refractivity contribution in [3.8, 4) is 0 Å². The van der Waals surface area contributed by atoms with E-state index < -0.39 is 36.6 Å². The van der Waals surface area contributed by atoms with Crippen molar-refractivity contribution in [3.05, 3.63) is 55.1 Å². The Labute approximate surface area is 155 Å². The van der Waals surface area contributed by atoms with Gasteiger partial charge in [0.15, 0.2) is 0 Å². The second-order valence-electron chi connectivity index (χ2n) is 4.71. The molecule has 0 aliphatic rings.